The first-order chi connectivity index (χ1) is 8.67. The smallest absolute Gasteiger partial charge is 0.306 e. The van der Waals surface area contributed by atoms with Gasteiger partial charge in [0.05, 0.1) is 0 Å². The van der Waals surface area contributed by atoms with Gasteiger partial charge in [-0.25, -0.2) is 0 Å². The predicted octanol–water partition coefficient (Wildman–Crippen LogP) is 2.53. The van der Waals surface area contributed by atoms with E-state index < -0.39 is 5.60 Å². The minimum Gasteiger partial charge on any atom is -0.460 e. The van der Waals surface area contributed by atoms with Crippen molar-refractivity contribution in [1.82, 2.24) is 4.90 Å². The second-order valence-electron chi connectivity index (χ2n) is 6.44. The van der Waals surface area contributed by atoms with Crippen molar-refractivity contribution in [1.29, 1.82) is 0 Å². The molecule has 0 spiro atoms. The number of esters is 1. The number of ketones is 1. The topological polar surface area (TPSA) is 46.6 Å². The summed E-state index contributed by atoms with van der Waals surface area (Å²) in [6, 6.07) is 0. The first kappa shape index (κ1) is 15.7. The summed E-state index contributed by atoms with van der Waals surface area (Å²) in [7, 11) is 3.82. The average molecular weight is 267 g/mol. The molecule has 0 aromatic rings. The lowest BCUT2D eigenvalue weighted by Crippen LogP contribution is -2.27. The van der Waals surface area contributed by atoms with Crippen molar-refractivity contribution in [3.63, 3.8) is 0 Å². The molecule has 0 amide bonds. The molecule has 0 N–H and O–H groups in total. The molecule has 4 nitrogen and oxygen atoms in total. The monoisotopic (exact) mass is 267 g/mol. The zero-order valence-electron chi connectivity index (χ0n) is 12.7. The van der Waals surface area contributed by atoms with Crippen LogP contribution < -0.4 is 0 Å². The van der Waals surface area contributed by atoms with Crippen molar-refractivity contribution in [3.8, 4) is 0 Å². The SMILES string of the molecule is CN(C)/C=C1/CCC(CC(=O)OC(C)(C)C)CC1=O. The molecule has 108 valence electrons. The number of hydrogen-bond donors (Lipinski definition) is 0. The highest BCUT2D eigenvalue weighted by molar-refractivity contribution is 5.96. The van der Waals surface area contributed by atoms with E-state index in [9.17, 15) is 9.59 Å². The van der Waals surface area contributed by atoms with E-state index in [0.717, 1.165) is 18.4 Å². The molecular weight excluding hydrogens is 242 g/mol. The maximum absolute atomic E-state index is 12.0. The van der Waals surface area contributed by atoms with Crippen LogP contribution in [0.5, 0.6) is 0 Å². The minimum absolute atomic E-state index is 0.127. The van der Waals surface area contributed by atoms with Gasteiger partial charge in [0.25, 0.3) is 0 Å². The van der Waals surface area contributed by atoms with Crippen LogP contribution in [-0.4, -0.2) is 36.3 Å². The molecule has 0 heterocycles. The van der Waals surface area contributed by atoms with E-state index in [1.165, 1.54) is 0 Å². The fraction of sp³-hybridized carbons (Fsp3) is 0.733. The average Bonchev–Trinajstić information content (AvgIpc) is 2.18. The minimum atomic E-state index is -0.453. The van der Waals surface area contributed by atoms with Crippen molar-refractivity contribution >= 4 is 11.8 Å². The molecule has 0 radical (unpaired) electrons. The Morgan fingerprint density at radius 2 is 2.05 bits per heavy atom. The van der Waals surface area contributed by atoms with Crippen molar-refractivity contribution in [2.45, 2.75) is 52.1 Å². The standard InChI is InChI=1S/C15H25NO3/c1-15(2,3)19-14(18)9-11-6-7-12(10-16(4)5)13(17)8-11/h10-11H,6-9H2,1-5H3/b12-10-. The highest BCUT2D eigenvalue weighted by Crippen LogP contribution is 2.28. The van der Waals surface area contributed by atoms with Gasteiger partial charge in [0.15, 0.2) is 5.78 Å². The number of ether oxygens (including phenoxy) is 1. The molecule has 1 aliphatic rings. The molecular formula is C15H25NO3. The summed E-state index contributed by atoms with van der Waals surface area (Å²) in [5.74, 6) is 0.0838. The molecule has 1 atom stereocenters. The quantitative estimate of drug-likeness (QED) is 0.582. The number of allylic oxidation sites excluding steroid dienone is 1. The number of Topliss-reactive ketones (excluding diaryl/α,β-unsaturated/α-hetero) is 1. The molecule has 1 rings (SSSR count). The summed E-state index contributed by atoms with van der Waals surface area (Å²) in [5.41, 5.74) is 0.414. The van der Waals surface area contributed by atoms with Crippen molar-refractivity contribution < 1.29 is 14.3 Å². The Bertz CT molecular complexity index is 377. The second kappa shape index (κ2) is 6.22. The van der Waals surface area contributed by atoms with Crippen LogP contribution in [0.4, 0.5) is 0 Å². The van der Waals surface area contributed by atoms with Gasteiger partial charge in [0.2, 0.25) is 0 Å². The molecule has 0 saturated heterocycles. The fourth-order valence-electron chi connectivity index (χ4n) is 2.24. The van der Waals surface area contributed by atoms with Gasteiger partial charge in [-0.1, -0.05) is 0 Å². The summed E-state index contributed by atoms with van der Waals surface area (Å²) < 4.78 is 5.29. The molecule has 19 heavy (non-hydrogen) atoms. The van der Waals surface area contributed by atoms with E-state index in [4.69, 9.17) is 4.74 Å². The Morgan fingerprint density at radius 3 is 2.53 bits per heavy atom. The van der Waals surface area contributed by atoms with Gasteiger partial charge in [-0.3, -0.25) is 9.59 Å². The van der Waals surface area contributed by atoms with Gasteiger partial charge in [0.1, 0.15) is 5.60 Å². The summed E-state index contributed by atoms with van der Waals surface area (Å²) in [6.07, 6.45) is 4.32. The Kier molecular flexibility index (Phi) is 5.15. The van der Waals surface area contributed by atoms with Crippen LogP contribution in [-0.2, 0) is 14.3 Å². The molecule has 1 aliphatic carbocycles. The van der Waals surface area contributed by atoms with E-state index in [2.05, 4.69) is 0 Å². The van der Waals surface area contributed by atoms with Crippen LogP contribution >= 0.6 is 0 Å². The largest absolute Gasteiger partial charge is 0.460 e. The number of carbonyl (C=O) groups is 2. The van der Waals surface area contributed by atoms with Gasteiger partial charge in [-0.2, -0.15) is 0 Å². The zero-order chi connectivity index (χ0) is 14.6. The second-order valence-corrected chi connectivity index (χ2v) is 6.44. The molecule has 1 unspecified atom stereocenters. The highest BCUT2D eigenvalue weighted by Gasteiger charge is 2.27. The van der Waals surface area contributed by atoms with Gasteiger partial charge >= 0.3 is 5.97 Å². The molecule has 0 bridgehead atoms. The maximum atomic E-state index is 12.0. The lowest BCUT2D eigenvalue weighted by molar-refractivity contribution is -0.156. The third-order valence-corrected chi connectivity index (χ3v) is 2.94. The summed E-state index contributed by atoms with van der Waals surface area (Å²) in [6.45, 7) is 5.57. The Morgan fingerprint density at radius 1 is 1.42 bits per heavy atom. The van der Waals surface area contributed by atoms with Crippen molar-refractivity contribution in [2.75, 3.05) is 14.1 Å². The number of nitrogens with zero attached hydrogens (tertiary/aromatic N) is 1. The van der Waals surface area contributed by atoms with Crippen LogP contribution in [0.3, 0.4) is 0 Å². The van der Waals surface area contributed by atoms with E-state index in [1.807, 2.05) is 46.0 Å². The normalized spacial score (nSPS) is 22.5. The van der Waals surface area contributed by atoms with Crippen LogP contribution in [0.1, 0.15) is 46.5 Å². The van der Waals surface area contributed by atoms with Crippen LogP contribution in [0.2, 0.25) is 0 Å². The lowest BCUT2D eigenvalue weighted by atomic mass is 9.83. The molecule has 0 aromatic carbocycles. The van der Waals surface area contributed by atoms with Crippen LogP contribution in [0.25, 0.3) is 0 Å². The van der Waals surface area contributed by atoms with Crippen LogP contribution in [0.15, 0.2) is 11.8 Å². The van der Waals surface area contributed by atoms with Crippen molar-refractivity contribution in [2.24, 2.45) is 5.92 Å². The summed E-state index contributed by atoms with van der Waals surface area (Å²) in [4.78, 5) is 25.6. The van der Waals surface area contributed by atoms with E-state index in [0.29, 0.717) is 12.8 Å². The fourth-order valence-corrected chi connectivity index (χ4v) is 2.24. The molecule has 1 saturated carbocycles. The zero-order valence-corrected chi connectivity index (χ0v) is 12.7. The van der Waals surface area contributed by atoms with Crippen molar-refractivity contribution in [3.05, 3.63) is 11.8 Å². The van der Waals surface area contributed by atoms with Gasteiger partial charge < -0.3 is 9.64 Å². The number of carbonyl (C=O) groups excluding carboxylic acids is 2. The molecule has 0 aromatic heterocycles. The Balaban J connectivity index is 2.49. The van der Waals surface area contributed by atoms with E-state index in [-0.39, 0.29) is 17.7 Å². The first-order valence-corrected chi connectivity index (χ1v) is 6.79. The summed E-state index contributed by atoms with van der Waals surface area (Å²) >= 11 is 0. The van der Waals surface area contributed by atoms with Gasteiger partial charge in [-0.15, -0.1) is 0 Å². The molecule has 0 aliphatic heterocycles. The maximum Gasteiger partial charge on any atom is 0.306 e. The third-order valence-electron chi connectivity index (χ3n) is 2.94. The van der Waals surface area contributed by atoms with E-state index in [1.54, 1.807) is 0 Å². The third kappa shape index (κ3) is 5.90. The van der Waals surface area contributed by atoms with Gasteiger partial charge in [-0.05, 0) is 39.5 Å². The number of hydrogen-bond acceptors (Lipinski definition) is 4. The molecule has 4 heteroatoms. The first-order valence-electron chi connectivity index (χ1n) is 6.79. The molecule has 1 fully saturated rings. The number of rotatable bonds is 3. The highest BCUT2D eigenvalue weighted by atomic mass is 16.6. The Labute approximate surface area is 115 Å². The summed E-state index contributed by atoms with van der Waals surface area (Å²) in [5, 5.41) is 0. The Hall–Kier alpha value is -1.32. The predicted molar refractivity (Wildman–Crippen MR) is 74.6 cm³/mol. The van der Waals surface area contributed by atoms with E-state index >= 15 is 0 Å². The van der Waals surface area contributed by atoms with Gasteiger partial charge in [0, 0.05) is 38.7 Å². The van der Waals surface area contributed by atoms with Crippen LogP contribution in [0, 0.1) is 5.92 Å². The lowest BCUT2D eigenvalue weighted by Gasteiger charge is -2.25.